The molecular formula is C18H9ClF7N4O4+. The van der Waals surface area contributed by atoms with Crippen LogP contribution in [-0.4, -0.2) is 22.4 Å². The molecule has 180 valence electrons. The van der Waals surface area contributed by atoms with Gasteiger partial charge in [0.2, 0.25) is 0 Å². The van der Waals surface area contributed by atoms with Gasteiger partial charge in [0.25, 0.3) is 12.1 Å². The number of benzene rings is 1. The second kappa shape index (κ2) is 9.17. The fourth-order valence-corrected chi connectivity index (χ4v) is 2.82. The molecule has 0 bridgehead atoms. The third-order valence-electron chi connectivity index (χ3n) is 3.83. The first-order valence-electron chi connectivity index (χ1n) is 8.65. The number of H-pyrrole nitrogens is 1. The number of carbonyl (C=O) groups is 1. The van der Waals surface area contributed by atoms with E-state index in [2.05, 4.69) is 20.1 Å². The number of hydrogen-bond acceptors (Lipinski definition) is 5. The van der Waals surface area contributed by atoms with E-state index in [1.807, 2.05) is 0 Å². The lowest BCUT2D eigenvalue weighted by Crippen LogP contribution is -2.21. The summed E-state index contributed by atoms with van der Waals surface area (Å²) in [5.74, 6) is -5.14. The highest BCUT2D eigenvalue weighted by Crippen LogP contribution is 2.40. The lowest BCUT2D eigenvalue weighted by Gasteiger charge is -2.16. The number of amides is 1. The first-order valence-corrected chi connectivity index (χ1v) is 9.03. The van der Waals surface area contributed by atoms with Crippen LogP contribution < -0.4 is 19.3 Å². The lowest BCUT2D eigenvalue weighted by atomic mass is 10.1. The fraction of sp³-hybridized carbons (Fsp3) is 0.111. The Hall–Kier alpha value is -3.88. The number of rotatable bonds is 5. The Morgan fingerprint density at radius 2 is 1.82 bits per heavy atom. The summed E-state index contributed by atoms with van der Waals surface area (Å²) in [6, 6.07) is 2.90. The Bertz CT molecular complexity index is 1270. The van der Waals surface area contributed by atoms with Gasteiger partial charge < -0.3 is 14.8 Å². The van der Waals surface area contributed by atoms with Gasteiger partial charge in [-0.25, -0.2) is 9.37 Å². The number of carbonyl (C=O) groups excluding carboxylic acids is 1. The van der Waals surface area contributed by atoms with Gasteiger partial charge in [-0.3, -0.25) is 4.79 Å². The molecule has 3 aromatic rings. The normalized spacial score (nSPS) is 11.8. The van der Waals surface area contributed by atoms with Crippen molar-refractivity contribution in [2.75, 3.05) is 5.32 Å². The van der Waals surface area contributed by atoms with Crippen LogP contribution in [-0.2, 0) is 6.18 Å². The van der Waals surface area contributed by atoms with Gasteiger partial charge in [0.15, 0.2) is 27.6 Å². The monoisotopic (exact) mass is 513 g/mol. The van der Waals surface area contributed by atoms with Gasteiger partial charge in [0.05, 0.1) is 28.0 Å². The van der Waals surface area contributed by atoms with E-state index in [1.54, 1.807) is 0 Å². The molecular weight excluding hydrogens is 505 g/mol. The predicted octanol–water partition coefficient (Wildman–Crippen LogP) is 5.08. The molecule has 2 aromatic heterocycles. The van der Waals surface area contributed by atoms with Crippen molar-refractivity contribution in [1.29, 1.82) is 0 Å². The van der Waals surface area contributed by atoms with Crippen molar-refractivity contribution in [1.82, 2.24) is 10.1 Å². The highest BCUT2D eigenvalue weighted by molar-refractivity contribution is 6.35. The van der Waals surface area contributed by atoms with Crippen LogP contribution >= 0.6 is 11.6 Å². The highest BCUT2D eigenvalue weighted by atomic mass is 35.5. The maximum absolute atomic E-state index is 14.0. The summed E-state index contributed by atoms with van der Waals surface area (Å²) in [6.07, 6.45) is -7.82. The average molecular weight is 514 g/mol. The van der Waals surface area contributed by atoms with Crippen molar-refractivity contribution in [3.63, 3.8) is 0 Å². The Labute approximate surface area is 188 Å². The van der Waals surface area contributed by atoms with E-state index < -0.39 is 57.8 Å². The molecule has 0 saturated heterocycles. The molecule has 1 aromatic carbocycles. The number of halogens is 8. The maximum atomic E-state index is 14.0. The molecule has 0 radical (unpaired) electrons. The SMILES string of the molecule is O=C(Nc1cc[n+](=O)[nH]c1)c1c(Oc2ccc(OC(F)(F)F)c(F)c2)cnc(C(F)(F)F)c1Cl. The molecule has 0 fully saturated rings. The second-order valence-corrected chi connectivity index (χ2v) is 6.60. The molecule has 0 spiro atoms. The standard InChI is InChI=1S/C18H8ClF7N4O4/c19-14-13(16(31)29-8-3-4-30(32)28-6-8)12(7-27-15(14)17(21,22)23)33-9-1-2-11(10(20)5-9)34-18(24,25)26/h1-7H,(H-,27,28,29,31,32)/p+1. The molecule has 2 heterocycles. The molecule has 3 rings (SSSR count). The van der Waals surface area contributed by atoms with Gasteiger partial charge in [-0.05, 0) is 12.1 Å². The van der Waals surface area contributed by atoms with E-state index in [4.69, 9.17) is 16.3 Å². The quantitative estimate of drug-likeness (QED) is 0.366. The smallest absolute Gasteiger partial charge is 0.455 e. The van der Waals surface area contributed by atoms with E-state index in [0.717, 1.165) is 24.5 Å². The van der Waals surface area contributed by atoms with E-state index in [0.29, 0.717) is 18.3 Å². The van der Waals surface area contributed by atoms with Crippen LogP contribution in [0.2, 0.25) is 5.02 Å². The van der Waals surface area contributed by atoms with Crippen LogP contribution in [0.4, 0.5) is 36.4 Å². The zero-order valence-electron chi connectivity index (χ0n) is 16.1. The van der Waals surface area contributed by atoms with Gasteiger partial charge in [-0.15, -0.1) is 18.3 Å². The maximum Gasteiger partial charge on any atom is 0.573 e. The predicted molar refractivity (Wildman–Crippen MR) is 99.5 cm³/mol. The van der Waals surface area contributed by atoms with Crippen molar-refractivity contribution in [2.24, 2.45) is 0 Å². The van der Waals surface area contributed by atoms with E-state index in [9.17, 15) is 40.4 Å². The number of alkyl halides is 6. The van der Waals surface area contributed by atoms with Gasteiger partial charge in [0.1, 0.15) is 11.3 Å². The molecule has 0 aliphatic heterocycles. The van der Waals surface area contributed by atoms with Crippen LogP contribution in [0.15, 0.2) is 42.9 Å². The van der Waals surface area contributed by atoms with Crippen molar-refractivity contribution in [3.8, 4) is 17.2 Å². The second-order valence-electron chi connectivity index (χ2n) is 6.22. The number of anilines is 1. The minimum absolute atomic E-state index is 0.0517. The molecule has 34 heavy (non-hydrogen) atoms. The third-order valence-corrected chi connectivity index (χ3v) is 4.20. The van der Waals surface area contributed by atoms with E-state index in [-0.39, 0.29) is 10.2 Å². The summed E-state index contributed by atoms with van der Waals surface area (Å²) in [5.41, 5.74) is -2.56. The van der Waals surface area contributed by atoms with Gasteiger partial charge in [0, 0.05) is 12.1 Å². The van der Waals surface area contributed by atoms with E-state index >= 15 is 0 Å². The summed E-state index contributed by atoms with van der Waals surface area (Å²) in [5, 5.41) is 3.15. The summed E-state index contributed by atoms with van der Waals surface area (Å²) < 4.78 is 99.4. The highest BCUT2D eigenvalue weighted by Gasteiger charge is 2.38. The zero-order valence-corrected chi connectivity index (χ0v) is 16.8. The number of aromatic nitrogens is 3. The van der Waals surface area contributed by atoms with Crippen LogP contribution in [0.25, 0.3) is 0 Å². The lowest BCUT2D eigenvalue weighted by molar-refractivity contribution is -0.564. The molecule has 2 N–H and O–H groups in total. The van der Waals surface area contributed by atoms with Gasteiger partial charge in [-0.2, -0.15) is 13.2 Å². The Morgan fingerprint density at radius 3 is 2.38 bits per heavy atom. The number of nitrogens with one attached hydrogen (secondary N) is 2. The summed E-state index contributed by atoms with van der Waals surface area (Å²) in [6.45, 7) is 0. The number of nitrogens with zero attached hydrogens (tertiary/aromatic N) is 2. The number of pyridine rings is 1. The largest absolute Gasteiger partial charge is 0.573 e. The minimum atomic E-state index is -5.18. The topological polar surface area (TPSA) is 99.2 Å². The van der Waals surface area contributed by atoms with Crippen molar-refractivity contribution < 1.29 is 49.5 Å². The third kappa shape index (κ3) is 5.92. The Balaban J connectivity index is 2.00. The van der Waals surface area contributed by atoms with Crippen LogP contribution in [0.1, 0.15) is 16.1 Å². The number of aromatic amines is 1. The average Bonchev–Trinajstić information content (AvgIpc) is 2.70. The molecule has 0 aliphatic carbocycles. The number of hydrogen-bond donors (Lipinski definition) is 2. The van der Waals surface area contributed by atoms with E-state index in [1.165, 1.54) is 0 Å². The van der Waals surface area contributed by atoms with Crippen molar-refractivity contribution in [3.05, 3.63) is 69.9 Å². The fourth-order valence-electron chi connectivity index (χ4n) is 2.48. The Kier molecular flexibility index (Phi) is 6.67. The molecule has 1 amide bonds. The van der Waals surface area contributed by atoms with Gasteiger partial charge in [-0.1, -0.05) is 11.6 Å². The number of ether oxygens (including phenoxy) is 2. The summed E-state index contributed by atoms with van der Waals surface area (Å²) >= 11 is 5.78. The van der Waals surface area contributed by atoms with Crippen LogP contribution in [0, 0.1) is 10.7 Å². The minimum Gasteiger partial charge on any atom is -0.455 e. The molecule has 8 nitrogen and oxygen atoms in total. The van der Waals surface area contributed by atoms with Crippen LogP contribution in [0.5, 0.6) is 17.2 Å². The summed E-state index contributed by atoms with van der Waals surface area (Å²) in [4.78, 5) is 26.9. The molecule has 0 aliphatic rings. The van der Waals surface area contributed by atoms with Crippen molar-refractivity contribution >= 4 is 23.2 Å². The summed E-state index contributed by atoms with van der Waals surface area (Å²) in [7, 11) is 0. The van der Waals surface area contributed by atoms with Crippen LogP contribution in [0.3, 0.4) is 0 Å². The molecule has 0 unspecified atom stereocenters. The van der Waals surface area contributed by atoms with Gasteiger partial charge >= 0.3 is 12.5 Å². The molecule has 0 saturated carbocycles. The zero-order chi connectivity index (χ0) is 25.3. The Morgan fingerprint density at radius 1 is 1.12 bits per heavy atom. The van der Waals surface area contributed by atoms with Crippen molar-refractivity contribution in [2.45, 2.75) is 12.5 Å². The first kappa shape index (κ1) is 24.8. The molecule has 0 atom stereocenters. The first-order chi connectivity index (χ1) is 15.7. The molecule has 16 heteroatoms.